The molecule has 3 rings (SSSR count). The quantitative estimate of drug-likeness (QED) is 0.817. The highest BCUT2D eigenvalue weighted by Gasteiger charge is 2.40. The van der Waals surface area contributed by atoms with Crippen molar-refractivity contribution < 1.29 is 4.79 Å². The maximum atomic E-state index is 12.7. The molecule has 0 saturated carbocycles. The summed E-state index contributed by atoms with van der Waals surface area (Å²) in [6.45, 7) is 5.40. The van der Waals surface area contributed by atoms with Gasteiger partial charge in [-0.1, -0.05) is 20.3 Å². The highest BCUT2D eigenvalue weighted by molar-refractivity contribution is 5.85. The lowest BCUT2D eigenvalue weighted by molar-refractivity contribution is -0.128. The van der Waals surface area contributed by atoms with Gasteiger partial charge in [-0.25, -0.2) is 0 Å². The number of amides is 1. The molecule has 0 spiro atoms. The van der Waals surface area contributed by atoms with Crippen molar-refractivity contribution in [2.75, 3.05) is 13.6 Å². The lowest BCUT2D eigenvalue weighted by atomic mass is 9.76. The summed E-state index contributed by atoms with van der Waals surface area (Å²) < 4.78 is 0. The highest BCUT2D eigenvalue weighted by atomic mass is 35.5. The van der Waals surface area contributed by atoms with Gasteiger partial charge < -0.3 is 15.5 Å². The van der Waals surface area contributed by atoms with Gasteiger partial charge in [0.1, 0.15) is 0 Å². The van der Waals surface area contributed by atoms with Gasteiger partial charge >= 0.3 is 0 Å². The molecule has 0 aromatic carbocycles. The summed E-state index contributed by atoms with van der Waals surface area (Å²) in [4.78, 5) is 15.2. The lowest BCUT2D eigenvalue weighted by Gasteiger charge is -2.47. The van der Waals surface area contributed by atoms with Crippen LogP contribution in [0.5, 0.6) is 0 Å². The van der Waals surface area contributed by atoms with Crippen LogP contribution in [0.15, 0.2) is 0 Å². The number of piperidine rings is 3. The fraction of sp³-hybridized carbons (Fsp3) is 0.941. The van der Waals surface area contributed by atoms with Crippen LogP contribution in [0.3, 0.4) is 0 Å². The molecule has 1 amide bonds. The molecule has 128 valence electrons. The van der Waals surface area contributed by atoms with E-state index in [-0.39, 0.29) is 29.8 Å². The molecule has 3 unspecified atom stereocenters. The number of fused-ring (bicyclic) bond motifs is 2. The van der Waals surface area contributed by atoms with Crippen LogP contribution in [-0.4, -0.2) is 48.6 Å². The molecule has 0 aromatic rings. The van der Waals surface area contributed by atoms with E-state index in [1.165, 1.54) is 25.7 Å². The van der Waals surface area contributed by atoms with E-state index in [2.05, 4.69) is 36.4 Å². The van der Waals surface area contributed by atoms with E-state index < -0.39 is 0 Å². The van der Waals surface area contributed by atoms with E-state index in [9.17, 15) is 4.79 Å². The predicted molar refractivity (Wildman–Crippen MR) is 92.4 cm³/mol. The van der Waals surface area contributed by atoms with E-state index in [1.54, 1.807) is 0 Å². The highest BCUT2D eigenvalue weighted by Crippen LogP contribution is 2.34. The first-order chi connectivity index (χ1) is 9.97. The molecule has 22 heavy (non-hydrogen) atoms. The number of hydrogen-bond donors (Lipinski definition) is 2. The van der Waals surface area contributed by atoms with Crippen molar-refractivity contribution in [1.29, 1.82) is 0 Å². The molecular weight excluding hydrogens is 298 g/mol. The third kappa shape index (κ3) is 3.60. The molecule has 3 aliphatic heterocycles. The van der Waals surface area contributed by atoms with Crippen LogP contribution >= 0.6 is 12.4 Å². The van der Waals surface area contributed by atoms with Gasteiger partial charge in [-0.05, 0) is 57.5 Å². The summed E-state index contributed by atoms with van der Waals surface area (Å²) in [5.41, 5.74) is 0.0731. The van der Waals surface area contributed by atoms with E-state index in [1.807, 2.05) is 0 Å². The van der Waals surface area contributed by atoms with Gasteiger partial charge in [-0.15, -0.1) is 12.4 Å². The Bertz CT molecular complexity index is 387. The zero-order valence-corrected chi connectivity index (χ0v) is 15.0. The van der Waals surface area contributed by atoms with E-state index in [4.69, 9.17) is 0 Å². The Kier molecular flexibility index (Phi) is 5.79. The summed E-state index contributed by atoms with van der Waals surface area (Å²) >= 11 is 0. The number of halogens is 1. The second-order valence-electron chi connectivity index (χ2n) is 8.06. The Morgan fingerprint density at radius 1 is 1.18 bits per heavy atom. The molecule has 3 aliphatic rings. The van der Waals surface area contributed by atoms with E-state index >= 15 is 0 Å². The zero-order valence-electron chi connectivity index (χ0n) is 14.2. The Hall–Kier alpha value is -0.320. The fourth-order valence-electron chi connectivity index (χ4n) is 4.68. The zero-order chi connectivity index (χ0) is 15.0. The summed E-state index contributed by atoms with van der Waals surface area (Å²) in [6.07, 6.45) is 8.53. The average molecular weight is 330 g/mol. The number of hydrogen-bond acceptors (Lipinski definition) is 3. The molecule has 3 heterocycles. The molecular formula is C17H32ClN3O. The van der Waals surface area contributed by atoms with Gasteiger partial charge in [0.15, 0.2) is 0 Å². The Morgan fingerprint density at radius 2 is 1.82 bits per heavy atom. The molecule has 5 heteroatoms. The van der Waals surface area contributed by atoms with Gasteiger partial charge in [0, 0.05) is 18.1 Å². The minimum atomic E-state index is -0.0225. The summed E-state index contributed by atoms with van der Waals surface area (Å²) in [6, 6.07) is 1.71. The third-order valence-corrected chi connectivity index (χ3v) is 6.08. The second-order valence-corrected chi connectivity index (χ2v) is 8.06. The van der Waals surface area contributed by atoms with Crippen LogP contribution in [0.1, 0.15) is 58.8 Å². The lowest BCUT2D eigenvalue weighted by Crippen LogP contribution is -2.60. The predicted octanol–water partition coefficient (Wildman–Crippen LogP) is 2.32. The topological polar surface area (TPSA) is 44.4 Å². The van der Waals surface area contributed by atoms with Crippen molar-refractivity contribution in [3.63, 3.8) is 0 Å². The number of nitrogens with zero attached hydrogens (tertiary/aromatic N) is 1. The standard InChI is InChI=1S/C17H31N3O.ClH/c1-17(2)8-5-9-18-15(17)16(21)19-12-10-13-6-4-7-14(11-12)20(13)3;/h12-15,18H,4-11H2,1-3H3,(H,19,21);1H. The molecule has 3 fully saturated rings. The number of carbonyl (C=O) groups excluding carboxylic acids is 1. The first-order valence-electron chi connectivity index (χ1n) is 8.73. The Labute approximate surface area is 141 Å². The Balaban J connectivity index is 0.00000176. The first kappa shape index (κ1) is 18.0. The summed E-state index contributed by atoms with van der Waals surface area (Å²) in [5.74, 6) is 0.229. The van der Waals surface area contributed by atoms with Crippen molar-refractivity contribution in [2.45, 2.75) is 83.0 Å². The van der Waals surface area contributed by atoms with Gasteiger partial charge in [0.2, 0.25) is 5.91 Å². The van der Waals surface area contributed by atoms with Crippen LogP contribution in [0.4, 0.5) is 0 Å². The van der Waals surface area contributed by atoms with Crippen molar-refractivity contribution in [1.82, 2.24) is 15.5 Å². The van der Waals surface area contributed by atoms with Crippen molar-refractivity contribution in [2.24, 2.45) is 5.41 Å². The molecule has 4 nitrogen and oxygen atoms in total. The van der Waals surface area contributed by atoms with Crippen LogP contribution in [0, 0.1) is 5.41 Å². The number of nitrogens with one attached hydrogen (secondary N) is 2. The van der Waals surface area contributed by atoms with Crippen LogP contribution in [-0.2, 0) is 4.79 Å². The molecule has 2 N–H and O–H groups in total. The molecule has 2 bridgehead atoms. The van der Waals surface area contributed by atoms with Gasteiger partial charge in [0.05, 0.1) is 6.04 Å². The Morgan fingerprint density at radius 3 is 2.41 bits per heavy atom. The van der Waals surface area contributed by atoms with Crippen molar-refractivity contribution >= 4 is 18.3 Å². The molecule has 3 saturated heterocycles. The molecule has 0 aliphatic carbocycles. The van der Waals surface area contributed by atoms with Gasteiger partial charge in [-0.3, -0.25) is 4.79 Å². The molecule has 0 radical (unpaired) electrons. The summed E-state index contributed by atoms with van der Waals surface area (Å²) in [5, 5.41) is 6.80. The smallest absolute Gasteiger partial charge is 0.237 e. The maximum Gasteiger partial charge on any atom is 0.237 e. The molecule has 3 atom stereocenters. The van der Waals surface area contributed by atoms with E-state index in [0.29, 0.717) is 18.1 Å². The maximum absolute atomic E-state index is 12.7. The second kappa shape index (κ2) is 7.06. The minimum absolute atomic E-state index is 0. The monoisotopic (exact) mass is 329 g/mol. The van der Waals surface area contributed by atoms with E-state index in [0.717, 1.165) is 25.8 Å². The van der Waals surface area contributed by atoms with Crippen molar-refractivity contribution in [3.8, 4) is 0 Å². The van der Waals surface area contributed by atoms with Crippen LogP contribution in [0.2, 0.25) is 0 Å². The van der Waals surface area contributed by atoms with Crippen LogP contribution in [0.25, 0.3) is 0 Å². The largest absolute Gasteiger partial charge is 0.352 e. The SMILES string of the molecule is CN1C2CCCC1CC(NC(=O)C1NCCCC1(C)C)C2.Cl. The van der Waals surface area contributed by atoms with Gasteiger partial charge in [-0.2, -0.15) is 0 Å². The normalized spacial score (nSPS) is 38.0. The number of rotatable bonds is 2. The summed E-state index contributed by atoms with van der Waals surface area (Å²) in [7, 11) is 2.26. The minimum Gasteiger partial charge on any atom is -0.352 e. The number of carbonyl (C=O) groups is 1. The van der Waals surface area contributed by atoms with Crippen LogP contribution < -0.4 is 10.6 Å². The first-order valence-corrected chi connectivity index (χ1v) is 8.73. The average Bonchev–Trinajstić information content (AvgIpc) is 2.39. The fourth-order valence-corrected chi connectivity index (χ4v) is 4.68. The molecule has 0 aromatic heterocycles. The van der Waals surface area contributed by atoms with Gasteiger partial charge in [0.25, 0.3) is 0 Å². The van der Waals surface area contributed by atoms with Crippen molar-refractivity contribution in [3.05, 3.63) is 0 Å². The third-order valence-electron chi connectivity index (χ3n) is 6.08.